The highest BCUT2D eigenvalue weighted by Crippen LogP contribution is 2.16. The molecule has 0 aliphatic rings. The first-order valence-corrected chi connectivity index (χ1v) is 8.48. The third-order valence-corrected chi connectivity index (χ3v) is 4.25. The molecule has 0 fully saturated rings. The molecule has 0 aliphatic heterocycles. The zero-order valence-corrected chi connectivity index (χ0v) is 14.6. The summed E-state index contributed by atoms with van der Waals surface area (Å²) in [6.45, 7) is 0. The number of pyridine rings is 1. The number of hydrogen-bond acceptors (Lipinski definition) is 5. The molecule has 4 rings (SSSR count). The predicted octanol–water partition coefficient (Wildman–Crippen LogP) is 3.86. The van der Waals surface area contributed by atoms with Gasteiger partial charge >= 0.3 is 0 Å². The van der Waals surface area contributed by atoms with Crippen molar-refractivity contribution in [1.29, 1.82) is 0 Å². The van der Waals surface area contributed by atoms with Crippen molar-refractivity contribution >= 4 is 28.7 Å². The lowest BCUT2D eigenvalue weighted by Gasteiger charge is -2.11. The molecule has 0 spiro atoms. The second-order valence-electron chi connectivity index (χ2n) is 6.02. The van der Waals surface area contributed by atoms with Crippen LogP contribution in [0.3, 0.4) is 0 Å². The second-order valence-corrected chi connectivity index (χ2v) is 6.02. The highest BCUT2D eigenvalue weighted by molar-refractivity contribution is 5.80. The van der Waals surface area contributed by atoms with Gasteiger partial charge in [0.2, 0.25) is 0 Å². The van der Waals surface area contributed by atoms with E-state index in [1.807, 2.05) is 6.07 Å². The van der Waals surface area contributed by atoms with Gasteiger partial charge < -0.3 is 0 Å². The van der Waals surface area contributed by atoms with Crippen LogP contribution in [0.15, 0.2) is 77.9 Å². The zero-order chi connectivity index (χ0) is 19.5. The number of nitro benzene ring substituents is 1. The van der Waals surface area contributed by atoms with Crippen molar-refractivity contribution < 1.29 is 4.92 Å². The molecular weight excluding hydrogens is 356 g/mol. The van der Waals surface area contributed by atoms with Gasteiger partial charge in [0.25, 0.3) is 11.2 Å². The molecule has 0 bridgehead atoms. The molecule has 2 heterocycles. The van der Waals surface area contributed by atoms with E-state index in [1.165, 1.54) is 16.7 Å². The molecule has 0 aliphatic carbocycles. The van der Waals surface area contributed by atoms with Crippen molar-refractivity contribution in [1.82, 2.24) is 14.5 Å². The highest BCUT2D eigenvalue weighted by Gasteiger charge is 2.11. The Bertz CT molecular complexity index is 1250. The van der Waals surface area contributed by atoms with Gasteiger partial charge in [-0.1, -0.05) is 18.2 Å². The fourth-order valence-corrected chi connectivity index (χ4v) is 2.88. The zero-order valence-electron chi connectivity index (χ0n) is 14.6. The minimum atomic E-state index is -0.445. The van der Waals surface area contributed by atoms with Gasteiger partial charge in [0.15, 0.2) is 0 Å². The molecule has 0 N–H and O–H groups in total. The smallest absolute Gasteiger partial charge is 0.268 e. The molecule has 2 aromatic heterocycles. The molecule has 28 heavy (non-hydrogen) atoms. The Balaban J connectivity index is 1.85. The van der Waals surface area contributed by atoms with Crippen LogP contribution in [0.2, 0.25) is 0 Å². The van der Waals surface area contributed by atoms with E-state index in [-0.39, 0.29) is 11.2 Å². The van der Waals surface area contributed by atoms with E-state index in [9.17, 15) is 14.9 Å². The number of hydrogen-bond donors (Lipinski definition) is 0. The van der Waals surface area contributed by atoms with E-state index < -0.39 is 4.92 Å². The van der Waals surface area contributed by atoms with Gasteiger partial charge in [0.05, 0.1) is 21.5 Å². The first kappa shape index (κ1) is 17.3. The third kappa shape index (κ3) is 3.28. The van der Waals surface area contributed by atoms with Crippen LogP contribution in [-0.4, -0.2) is 19.5 Å². The second kappa shape index (κ2) is 7.24. The van der Waals surface area contributed by atoms with Gasteiger partial charge in [-0.15, -0.1) is 0 Å². The van der Waals surface area contributed by atoms with Crippen LogP contribution < -0.4 is 5.56 Å². The van der Waals surface area contributed by atoms with Crippen LogP contribution in [0.4, 0.5) is 5.69 Å². The lowest BCUT2D eigenvalue weighted by Crippen LogP contribution is -2.22. The van der Waals surface area contributed by atoms with Crippen LogP contribution in [0, 0.1) is 10.1 Å². The molecule has 136 valence electrons. The van der Waals surface area contributed by atoms with Crippen molar-refractivity contribution in [3.8, 4) is 5.69 Å². The van der Waals surface area contributed by atoms with E-state index in [0.29, 0.717) is 22.4 Å². The summed E-state index contributed by atoms with van der Waals surface area (Å²) in [7, 11) is 0. The molecular formula is C21H14N4O3. The molecule has 2 aromatic carbocycles. The van der Waals surface area contributed by atoms with Crippen molar-refractivity contribution in [3.05, 3.63) is 105 Å². The van der Waals surface area contributed by atoms with Gasteiger partial charge in [-0.3, -0.25) is 24.5 Å². The number of para-hydroxylation sites is 1. The SMILES string of the molecule is O=c1c2ccccc2nc(C=Cc2ccc([N+](=O)[O-])cc2)n1-c1ccncc1. The Morgan fingerprint density at radius 2 is 1.64 bits per heavy atom. The van der Waals surface area contributed by atoms with Gasteiger partial charge in [-0.2, -0.15) is 0 Å². The number of non-ortho nitro benzene ring substituents is 1. The minimum Gasteiger partial charge on any atom is -0.268 e. The first-order valence-electron chi connectivity index (χ1n) is 8.48. The quantitative estimate of drug-likeness (QED) is 0.402. The van der Waals surface area contributed by atoms with Gasteiger partial charge in [-0.25, -0.2) is 4.98 Å². The van der Waals surface area contributed by atoms with Crippen molar-refractivity contribution in [2.24, 2.45) is 0 Å². The molecule has 7 heteroatoms. The van der Waals surface area contributed by atoms with E-state index in [2.05, 4.69) is 9.97 Å². The Morgan fingerprint density at radius 1 is 0.929 bits per heavy atom. The van der Waals surface area contributed by atoms with Crippen LogP contribution in [-0.2, 0) is 0 Å². The maximum atomic E-state index is 13.1. The van der Waals surface area contributed by atoms with Crippen molar-refractivity contribution in [2.45, 2.75) is 0 Å². The number of fused-ring (bicyclic) bond motifs is 1. The summed E-state index contributed by atoms with van der Waals surface area (Å²) in [5.41, 5.74) is 1.85. The van der Waals surface area contributed by atoms with Gasteiger partial charge in [0, 0.05) is 24.5 Å². The monoisotopic (exact) mass is 370 g/mol. The first-order chi connectivity index (χ1) is 13.6. The van der Waals surface area contributed by atoms with E-state index >= 15 is 0 Å². The average Bonchev–Trinajstić information content (AvgIpc) is 2.73. The summed E-state index contributed by atoms with van der Waals surface area (Å²) in [6, 6.07) is 16.8. The molecule has 4 aromatic rings. The molecule has 0 radical (unpaired) electrons. The Kier molecular flexibility index (Phi) is 4.47. The van der Waals surface area contributed by atoms with Crippen LogP contribution in [0.5, 0.6) is 0 Å². The third-order valence-electron chi connectivity index (χ3n) is 4.25. The average molecular weight is 370 g/mol. The number of aromatic nitrogens is 3. The lowest BCUT2D eigenvalue weighted by molar-refractivity contribution is -0.384. The van der Waals surface area contributed by atoms with E-state index in [4.69, 9.17) is 0 Å². The molecule has 7 nitrogen and oxygen atoms in total. The Morgan fingerprint density at radius 3 is 2.36 bits per heavy atom. The summed E-state index contributed by atoms with van der Waals surface area (Å²) in [4.78, 5) is 32.0. The predicted molar refractivity (Wildman–Crippen MR) is 107 cm³/mol. The summed E-state index contributed by atoms with van der Waals surface area (Å²) >= 11 is 0. The molecule has 0 amide bonds. The molecule has 0 saturated carbocycles. The topological polar surface area (TPSA) is 90.9 Å². The molecule has 0 unspecified atom stereocenters. The summed E-state index contributed by atoms with van der Waals surface area (Å²) in [5, 5.41) is 11.3. The largest absolute Gasteiger partial charge is 0.269 e. The normalized spacial score (nSPS) is 11.1. The summed E-state index contributed by atoms with van der Waals surface area (Å²) in [6.07, 6.45) is 6.70. The van der Waals surface area contributed by atoms with Gasteiger partial charge in [-0.05, 0) is 48.0 Å². The van der Waals surface area contributed by atoms with Crippen LogP contribution in [0.25, 0.3) is 28.7 Å². The maximum absolute atomic E-state index is 13.1. The lowest BCUT2D eigenvalue weighted by atomic mass is 10.2. The number of rotatable bonds is 4. The highest BCUT2D eigenvalue weighted by atomic mass is 16.6. The van der Waals surface area contributed by atoms with E-state index in [0.717, 1.165) is 5.56 Å². The summed E-state index contributed by atoms with van der Waals surface area (Å²) < 4.78 is 1.52. The fraction of sp³-hybridized carbons (Fsp3) is 0. The molecule has 0 saturated heterocycles. The number of nitrogens with zero attached hydrogens (tertiary/aromatic N) is 4. The van der Waals surface area contributed by atoms with Crippen molar-refractivity contribution in [2.75, 3.05) is 0 Å². The molecule has 0 atom stereocenters. The summed E-state index contributed by atoms with van der Waals surface area (Å²) in [5.74, 6) is 0.452. The van der Waals surface area contributed by atoms with Crippen LogP contribution >= 0.6 is 0 Å². The number of benzene rings is 2. The number of nitro groups is 1. The standard InChI is InChI=1S/C21H14N4O3/c26-21-18-3-1-2-4-19(18)23-20(24(21)16-11-13-22-14-12-16)10-7-15-5-8-17(9-6-15)25(27)28/h1-14H. The maximum Gasteiger partial charge on any atom is 0.269 e. The fourth-order valence-electron chi connectivity index (χ4n) is 2.88. The van der Waals surface area contributed by atoms with E-state index in [1.54, 1.807) is 67.0 Å². The van der Waals surface area contributed by atoms with Crippen molar-refractivity contribution in [3.63, 3.8) is 0 Å². The van der Waals surface area contributed by atoms with Gasteiger partial charge in [0.1, 0.15) is 5.82 Å². The minimum absolute atomic E-state index is 0.0228. The van der Waals surface area contributed by atoms with Crippen LogP contribution in [0.1, 0.15) is 11.4 Å². The Hall–Kier alpha value is -4.13. The Labute approximate surface area is 159 Å².